The first kappa shape index (κ1) is 23.6. The van der Waals surface area contributed by atoms with Crippen molar-refractivity contribution >= 4 is 17.7 Å². The Hall–Kier alpha value is -3.07. The molecule has 7 nitrogen and oxygen atoms in total. The van der Waals surface area contributed by atoms with Crippen LogP contribution in [0.4, 0.5) is 4.39 Å². The maximum Gasteiger partial charge on any atom is 0.235 e. The standard InChI is InChI=1S/C23H27FN4O3S/c1-15(2)21(22(29)27(3)4)32-23-26-25-20(28(23)19-9-7-6-8-18(19)24)14-31-17-12-10-16(30-5)11-13-17/h6-13,15,21H,14H2,1-5H3. The molecule has 0 aliphatic carbocycles. The maximum absolute atomic E-state index is 14.7. The van der Waals surface area contributed by atoms with Crippen LogP contribution in [0.25, 0.3) is 5.69 Å². The quantitative estimate of drug-likeness (QED) is 0.448. The van der Waals surface area contributed by atoms with Crippen LogP contribution in [0, 0.1) is 11.7 Å². The zero-order chi connectivity index (χ0) is 23.3. The summed E-state index contributed by atoms with van der Waals surface area (Å²) in [4.78, 5) is 14.3. The number of nitrogens with zero attached hydrogens (tertiary/aromatic N) is 4. The number of amides is 1. The van der Waals surface area contributed by atoms with Crippen LogP contribution in [0.2, 0.25) is 0 Å². The van der Waals surface area contributed by atoms with Gasteiger partial charge in [0.2, 0.25) is 5.91 Å². The SMILES string of the molecule is COc1ccc(OCc2nnc(SC(C(=O)N(C)C)C(C)C)n2-c2ccccc2F)cc1. The molecule has 0 fully saturated rings. The number of rotatable bonds is 9. The number of para-hydroxylation sites is 1. The molecule has 170 valence electrons. The zero-order valence-electron chi connectivity index (χ0n) is 18.8. The number of ether oxygens (including phenoxy) is 2. The van der Waals surface area contributed by atoms with Gasteiger partial charge in [-0.1, -0.05) is 37.7 Å². The molecule has 1 heterocycles. The van der Waals surface area contributed by atoms with Crippen molar-refractivity contribution in [1.29, 1.82) is 0 Å². The Bertz CT molecular complexity index is 1050. The van der Waals surface area contributed by atoms with Crippen LogP contribution in [0.5, 0.6) is 11.5 Å². The molecule has 1 atom stereocenters. The second-order valence-electron chi connectivity index (χ2n) is 7.66. The van der Waals surface area contributed by atoms with Gasteiger partial charge in [-0.3, -0.25) is 9.36 Å². The average Bonchev–Trinajstić information content (AvgIpc) is 3.18. The monoisotopic (exact) mass is 458 g/mol. The highest BCUT2D eigenvalue weighted by Gasteiger charge is 2.29. The molecule has 1 amide bonds. The maximum atomic E-state index is 14.7. The molecule has 0 aliphatic rings. The molecule has 0 saturated heterocycles. The van der Waals surface area contributed by atoms with Crippen molar-refractivity contribution in [1.82, 2.24) is 19.7 Å². The Kier molecular flexibility index (Phi) is 7.74. The molecule has 0 saturated carbocycles. The van der Waals surface area contributed by atoms with Gasteiger partial charge in [0.05, 0.1) is 18.0 Å². The van der Waals surface area contributed by atoms with E-state index in [2.05, 4.69) is 10.2 Å². The Balaban J connectivity index is 1.94. The summed E-state index contributed by atoms with van der Waals surface area (Å²) in [5.74, 6) is 1.35. The summed E-state index contributed by atoms with van der Waals surface area (Å²) in [5.41, 5.74) is 0.299. The summed E-state index contributed by atoms with van der Waals surface area (Å²) in [6.07, 6.45) is 0. The fourth-order valence-electron chi connectivity index (χ4n) is 3.00. The number of halogens is 1. The summed E-state index contributed by atoms with van der Waals surface area (Å²) >= 11 is 1.27. The third-order valence-corrected chi connectivity index (χ3v) is 6.22. The van der Waals surface area contributed by atoms with E-state index in [0.29, 0.717) is 22.4 Å². The fourth-order valence-corrected chi connectivity index (χ4v) is 4.21. The molecule has 0 spiro atoms. The van der Waals surface area contributed by atoms with E-state index in [4.69, 9.17) is 9.47 Å². The Morgan fingerprint density at radius 1 is 1.09 bits per heavy atom. The topological polar surface area (TPSA) is 69.5 Å². The molecule has 1 unspecified atom stereocenters. The number of thioether (sulfide) groups is 1. The Morgan fingerprint density at radius 3 is 2.34 bits per heavy atom. The van der Waals surface area contributed by atoms with Gasteiger partial charge in [0, 0.05) is 14.1 Å². The van der Waals surface area contributed by atoms with Crippen molar-refractivity contribution in [3.8, 4) is 17.2 Å². The zero-order valence-corrected chi connectivity index (χ0v) is 19.6. The summed E-state index contributed by atoms with van der Waals surface area (Å²) in [6, 6.07) is 13.5. The van der Waals surface area contributed by atoms with Crippen molar-refractivity contribution in [3.05, 3.63) is 60.2 Å². The number of hydrogen-bond donors (Lipinski definition) is 0. The first-order valence-corrected chi connectivity index (χ1v) is 11.0. The van der Waals surface area contributed by atoms with Crippen molar-refractivity contribution in [2.24, 2.45) is 5.92 Å². The van der Waals surface area contributed by atoms with Crippen LogP contribution in [0.15, 0.2) is 53.7 Å². The summed E-state index contributed by atoms with van der Waals surface area (Å²) in [6.45, 7) is 4.01. The van der Waals surface area contributed by atoms with Crippen LogP contribution >= 0.6 is 11.8 Å². The molecule has 0 bridgehead atoms. The summed E-state index contributed by atoms with van der Waals surface area (Å²) in [5, 5.41) is 8.56. The van der Waals surface area contributed by atoms with Gasteiger partial charge in [-0.15, -0.1) is 10.2 Å². The number of carbonyl (C=O) groups is 1. The molecular weight excluding hydrogens is 431 g/mol. The number of carbonyl (C=O) groups excluding carboxylic acids is 1. The molecule has 9 heteroatoms. The van der Waals surface area contributed by atoms with Gasteiger partial charge in [-0.05, 0) is 42.3 Å². The number of aromatic nitrogens is 3. The molecule has 0 aliphatic heterocycles. The minimum atomic E-state index is -0.417. The van der Waals surface area contributed by atoms with E-state index in [9.17, 15) is 9.18 Å². The number of benzene rings is 2. The Morgan fingerprint density at radius 2 is 1.75 bits per heavy atom. The van der Waals surface area contributed by atoms with E-state index in [0.717, 1.165) is 5.75 Å². The van der Waals surface area contributed by atoms with Crippen molar-refractivity contribution in [2.45, 2.75) is 30.9 Å². The minimum Gasteiger partial charge on any atom is -0.497 e. The van der Waals surface area contributed by atoms with Gasteiger partial charge in [0.15, 0.2) is 11.0 Å². The lowest BCUT2D eigenvalue weighted by Crippen LogP contribution is -2.35. The highest BCUT2D eigenvalue weighted by Crippen LogP contribution is 2.31. The first-order valence-electron chi connectivity index (χ1n) is 10.2. The largest absolute Gasteiger partial charge is 0.497 e. The van der Waals surface area contributed by atoms with Crippen LogP contribution < -0.4 is 9.47 Å². The van der Waals surface area contributed by atoms with Gasteiger partial charge >= 0.3 is 0 Å². The van der Waals surface area contributed by atoms with Crippen LogP contribution in [0.3, 0.4) is 0 Å². The summed E-state index contributed by atoms with van der Waals surface area (Å²) in [7, 11) is 5.03. The molecule has 32 heavy (non-hydrogen) atoms. The summed E-state index contributed by atoms with van der Waals surface area (Å²) < 4.78 is 27.4. The first-order chi connectivity index (χ1) is 15.3. The molecule has 1 aromatic heterocycles. The Labute approximate surface area is 191 Å². The lowest BCUT2D eigenvalue weighted by molar-refractivity contribution is -0.128. The van der Waals surface area contributed by atoms with Gasteiger partial charge in [0.25, 0.3) is 0 Å². The van der Waals surface area contributed by atoms with Crippen LogP contribution in [-0.2, 0) is 11.4 Å². The fraction of sp³-hybridized carbons (Fsp3) is 0.348. The van der Waals surface area contributed by atoms with E-state index in [1.807, 2.05) is 13.8 Å². The van der Waals surface area contributed by atoms with Crippen LogP contribution in [-0.4, -0.2) is 52.0 Å². The van der Waals surface area contributed by atoms with Gasteiger partial charge < -0.3 is 14.4 Å². The molecule has 0 N–H and O–H groups in total. The van der Waals surface area contributed by atoms with E-state index >= 15 is 0 Å². The number of hydrogen-bond acceptors (Lipinski definition) is 6. The molecule has 3 rings (SSSR count). The predicted octanol–water partition coefficient (Wildman–Crippen LogP) is 4.20. The molecule has 3 aromatic rings. The van der Waals surface area contributed by atoms with E-state index in [1.165, 1.54) is 17.8 Å². The van der Waals surface area contributed by atoms with Gasteiger partial charge in [0.1, 0.15) is 23.9 Å². The third kappa shape index (κ3) is 5.40. The van der Waals surface area contributed by atoms with Crippen LogP contribution in [0.1, 0.15) is 19.7 Å². The highest BCUT2D eigenvalue weighted by molar-refractivity contribution is 8.00. The van der Waals surface area contributed by atoms with Crippen molar-refractivity contribution in [3.63, 3.8) is 0 Å². The van der Waals surface area contributed by atoms with E-state index < -0.39 is 11.1 Å². The lowest BCUT2D eigenvalue weighted by Gasteiger charge is -2.23. The normalized spacial score (nSPS) is 12.0. The lowest BCUT2D eigenvalue weighted by atomic mass is 10.1. The van der Waals surface area contributed by atoms with Crippen molar-refractivity contribution < 1.29 is 18.7 Å². The second kappa shape index (κ2) is 10.5. The molecule has 2 aromatic carbocycles. The number of methoxy groups -OCH3 is 1. The van der Waals surface area contributed by atoms with Gasteiger partial charge in [-0.2, -0.15) is 0 Å². The highest BCUT2D eigenvalue weighted by atomic mass is 32.2. The van der Waals surface area contributed by atoms with Gasteiger partial charge in [-0.25, -0.2) is 4.39 Å². The predicted molar refractivity (Wildman–Crippen MR) is 122 cm³/mol. The van der Waals surface area contributed by atoms with E-state index in [1.54, 1.807) is 73.1 Å². The van der Waals surface area contributed by atoms with Crippen molar-refractivity contribution in [2.75, 3.05) is 21.2 Å². The average molecular weight is 459 g/mol. The molecular formula is C23H27FN4O3S. The minimum absolute atomic E-state index is 0.0379. The van der Waals surface area contributed by atoms with E-state index in [-0.39, 0.29) is 18.4 Å². The second-order valence-corrected chi connectivity index (χ2v) is 8.77. The third-order valence-electron chi connectivity index (χ3n) is 4.74. The smallest absolute Gasteiger partial charge is 0.235 e. The molecule has 0 radical (unpaired) electrons.